The predicted molar refractivity (Wildman–Crippen MR) is 113 cm³/mol. The van der Waals surface area contributed by atoms with E-state index in [4.69, 9.17) is 0 Å². The van der Waals surface area contributed by atoms with Crippen LogP contribution < -0.4 is 5.32 Å². The number of nitrogens with zero attached hydrogens (tertiary/aromatic N) is 5. The maximum Gasteiger partial charge on any atom is 0.193 e. The van der Waals surface area contributed by atoms with Crippen molar-refractivity contribution in [1.29, 1.82) is 0 Å². The van der Waals surface area contributed by atoms with Crippen LogP contribution in [-0.4, -0.2) is 84.6 Å². The second-order valence-corrected chi connectivity index (χ2v) is 7.45. The molecule has 6 nitrogen and oxygen atoms in total. The molecule has 1 N–H and O–H groups in total. The second kappa shape index (κ2) is 8.86. The lowest BCUT2D eigenvalue weighted by Crippen LogP contribution is -2.63. The summed E-state index contributed by atoms with van der Waals surface area (Å²) in [5, 5.41) is 3.56. The van der Waals surface area contributed by atoms with Gasteiger partial charge in [-0.05, 0) is 22.0 Å². The standard InChI is InChI=1S/C16H27BrN6.HI/c1-18-16(21(3)11-14-8-13(17)10-20(14)2)19-9-15-12-22-4-6-23(15)7-5-22;/h8,10,15H,4-7,9,11-12H2,1-3H3,(H,18,19);1H. The van der Waals surface area contributed by atoms with Crippen molar-refractivity contribution < 1.29 is 0 Å². The summed E-state index contributed by atoms with van der Waals surface area (Å²) in [7, 11) is 6.02. The van der Waals surface area contributed by atoms with Gasteiger partial charge in [-0.3, -0.25) is 14.8 Å². The molecule has 4 heterocycles. The van der Waals surface area contributed by atoms with Gasteiger partial charge in [0.2, 0.25) is 0 Å². The van der Waals surface area contributed by atoms with E-state index in [2.05, 4.69) is 71.9 Å². The molecule has 1 unspecified atom stereocenters. The van der Waals surface area contributed by atoms with E-state index >= 15 is 0 Å². The van der Waals surface area contributed by atoms with E-state index in [9.17, 15) is 0 Å². The van der Waals surface area contributed by atoms with Crippen LogP contribution in [0.25, 0.3) is 0 Å². The quantitative estimate of drug-likeness (QED) is 0.377. The molecule has 2 bridgehead atoms. The molecule has 1 aromatic heterocycles. The number of piperazine rings is 3. The molecule has 3 aliphatic heterocycles. The van der Waals surface area contributed by atoms with E-state index in [1.54, 1.807) is 0 Å². The normalized spacial score (nSPS) is 26.2. The fourth-order valence-electron chi connectivity index (χ4n) is 3.55. The maximum absolute atomic E-state index is 4.45. The fourth-order valence-corrected chi connectivity index (χ4v) is 4.12. The van der Waals surface area contributed by atoms with Gasteiger partial charge >= 0.3 is 0 Å². The first-order valence-corrected chi connectivity index (χ1v) is 9.05. The Bertz CT molecular complexity index is 567. The molecule has 0 aromatic carbocycles. The van der Waals surface area contributed by atoms with Crippen molar-refractivity contribution in [2.75, 3.05) is 53.4 Å². The fraction of sp³-hybridized carbons (Fsp3) is 0.688. The Kier molecular flexibility index (Phi) is 7.39. The van der Waals surface area contributed by atoms with Gasteiger partial charge in [0.1, 0.15) is 0 Å². The number of guanidine groups is 1. The van der Waals surface area contributed by atoms with E-state index < -0.39 is 0 Å². The molecule has 3 aliphatic rings. The van der Waals surface area contributed by atoms with E-state index in [1.807, 2.05) is 7.05 Å². The highest BCUT2D eigenvalue weighted by atomic mass is 127. The number of aromatic nitrogens is 1. The molecule has 136 valence electrons. The summed E-state index contributed by atoms with van der Waals surface area (Å²) in [6, 6.07) is 2.76. The van der Waals surface area contributed by atoms with Gasteiger partial charge in [0.05, 0.1) is 6.54 Å². The molecule has 24 heavy (non-hydrogen) atoms. The highest BCUT2D eigenvalue weighted by Crippen LogP contribution is 2.16. The number of fused-ring (bicyclic) bond motifs is 3. The van der Waals surface area contributed by atoms with E-state index in [0.29, 0.717) is 6.04 Å². The Morgan fingerprint density at radius 1 is 1.38 bits per heavy atom. The summed E-state index contributed by atoms with van der Waals surface area (Å²) in [6.45, 7) is 7.85. The summed E-state index contributed by atoms with van der Waals surface area (Å²) >= 11 is 3.53. The summed E-state index contributed by atoms with van der Waals surface area (Å²) in [5.74, 6) is 0.958. The first-order chi connectivity index (χ1) is 11.1. The summed E-state index contributed by atoms with van der Waals surface area (Å²) in [6.07, 6.45) is 2.08. The lowest BCUT2D eigenvalue weighted by Gasteiger charge is -2.47. The van der Waals surface area contributed by atoms with Crippen molar-refractivity contribution in [3.63, 3.8) is 0 Å². The molecule has 3 fully saturated rings. The van der Waals surface area contributed by atoms with Crippen LogP contribution in [0.2, 0.25) is 0 Å². The SMILES string of the molecule is CN=C(NCC1CN2CCN1CC2)N(C)Cc1cc(Br)cn1C.I. The Hall–Kier alpha value is -0.320. The maximum atomic E-state index is 4.45. The molecule has 1 atom stereocenters. The van der Waals surface area contributed by atoms with Gasteiger partial charge in [0.15, 0.2) is 5.96 Å². The smallest absolute Gasteiger partial charge is 0.193 e. The van der Waals surface area contributed by atoms with Crippen LogP contribution in [0, 0.1) is 0 Å². The molecular weight excluding hydrogens is 483 g/mol. The lowest BCUT2D eigenvalue weighted by atomic mass is 10.1. The second-order valence-electron chi connectivity index (χ2n) is 6.54. The van der Waals surface area contributed by atoms with Crippen LogP contribution in [0.5, 0.6) is 0 Å². The molecule has 1 aromatic rings. The molecule has 0 saturated carbocycles. The molecule has 8 heteroatoms. The average Bonchev–Trinajstić information content (AvgIpc) is 2.86. The predicted octanol–water partition coefficient (Wildman–Crippen LogP) is 1.41. The number of rotatable bonds is 4. The number of halogens is 2. The molecule has 0 aliphatic carbocycles. The van der Waals surface area contributed by atoms with Crippen LogP contribution in [0.15, 0.2) is 21.7 Å². The number of aryl methyl sites for hydroxylation is 1. The van der Waals surface area contributed by atoms with Crippen LogP contribution in [0.4, 0.5) is 0 Å². The third-order valence-corrected chi connectivity index (χ3v) is 5.37. The zero-order valence-corrected chi connectivity index (χ0v) is 18.6. The van der Waals surface area contributed by atoms with E-state index in [0.717, 1.165) is 23.5 Å². The van der Waals surface area contributed by atoms with Crippen LogP contribution >= 0.6 is 39.9 Å². The van der Waals surface area contributed by atoms with Crippen molar-refractivity contribution in [2.24, 2.45) is 12.0 Å². The minimum atomic E-state index is 0. The largest absolute Gasteiger partial charge is 0.355 e. The molecule has 0 radical (unpaired) electrons. The minimum Gasteiger partial charge on any atom is -0.355 e. The minimum absolute atomic E-state index is 0. The average molecular weight is 511 g/mol. The van der Waals surface area contributed by atoms with Crippen molar-refractivity contribution in [1.82, 2.24) is 24.6 Å². The summed E-state index contributed by atoms with van der Waals surface area (Å²) in [5.41, 5.74) is 1.26. The zero-order valence-electron chi connectivity index (χ0n) is 14.7. The van der Waals surface area contributed by atoms with Gasteiger partial charge in [-0.15, -0.1) is 24.0 Å². The highest BCUT2D eigenvalue weighted by molar-refractivity contribution is 14.0. The van der Waals surface area contributed by atoms with Gasteiger partial charge in [-0.25, -0.2) is 0 Å². The van der Waals surface area contributed by atoms with Gasteiger partial charge in [-0.2, -0.15) is 0 Å². The third kappa shape index (κ3) is 4.64. The van der Waals surface area contributed by atoms with Gasteiger partial charge < -0.3 is 14.8 Å². The van der Waals surface area contributed by atoms with Crippen LogP contribution in [0.1, 0.15) is 5.69 Å². The van der Waals surface area contributed by atoms with Gasteiger partial charge in [0.25, 0.3) is 0 Å². The molecule has 3 saturated heterocycles. The van der Waals surface area contributed by atoms with Crippen molar-refractivity contribution >= 4 is 45.9 Å². The number of hydrogen-bond acceptors (Lipinski definition) is 3. The van der Waals surface area contributed by atoms with E-state index in [-0.39, 0.29) is 24.0 Å². The zero-order chi connectivity index (χ0) is 16.4. The third-order valence-electron chi connectivity index (χ3n) is 4.94. The van der Waals surface area contributed by atoms with Gasteiger partial charge in [0, 0.05) is 82.8 Å². The van der Waals surface area contributed by atoms with Crippen LogP contribution in [0.3, 0.4) is 0 Å². The highest BCUT2D eigenvalue weighted by Gasteiger charge is 2.31. The number of hydrogen-bond donors (Lipinski definition) is 1. The topological polar surface area (TPSA) is 39.0 Å². The Morgan fingerprint density at radius 3 is 2.58 bits per heavy atom. The molecule has 0 amide bonds. The monoisotopic (exact) mass is 510 g/mol. The Labute approximate surface area is 170 Å². The first-order valence-electron chi connectivity index (χ1n) is 8.25. The van der Waals surface area contributed by atoms with Crippen molar-refractivity contribution in [3.05, 3.63) is 22.4 Å². The van der Waals surface area contributed by atoms with Gasteiger partial charge in [-0.1, -0.05) is 0 Å². The first kappa shape index (κ1) is 20.0. The van der Waals surface area contributed by atoms with Crippen LogP contribution in [-0.2, 0) is 13.6 Å². The molecular formula is C16H28BrIN6. The Balaban J connectivity index is 0.00000208. The number of nitrogens with one attached hydrogen (secondary N) is 1. The molecule has 0 spiro atoms. The summed E-state index contributed by atoms with van der Waals surface area (Å²) < 4.78 is 3.26. The summed E-state index contributed by atoms with van der Waals surface area (Å²) in [4.78, 5) is 11.8. The van der Waals surface area contributed by atoms with Crippen molar-refractivity contribution in [2.45, 2.75) is 12.6 Å². The van der Waals surface area contributed by atoms with E-state index in [1.165, 1.54) is 38.4 Å². The number of aliphatic imine (C=N–C) groups is 1. The lowest BCUT2D eigenvalue weighted by molar-refractivity contribution is 0.0152. The molecule has 4 rings (SSSR count). The Morgan fingerprint density at radius 2 is 2.08 bits per heavy atom. The van der Waals surface area contributed by atoms with Crippen molar-refractivity contribution in [3.8, 4) is 0 Å².